The first-order valence-corrected chi connectivity index (χ1v) is 7.00. The molecule has 5 heteroatoms. The molecule has 1 fully saturated rings. The Morgan fingerprint density at radius 1 is 1.26 bits per heavy atom. The molecule has 1 aliphatic carbocycles. The van der Waals surface area contributed by atoms with Crippen LogP contribution in [0.5, 0.6) is 0 Å². The van der Waals surface area contributed by atoms with Crippen molar-refractivity contribution >= 4 is 11.9 Å². The lowest BCUT2D eigenvalue weighted by molar-refractivity contribution is -0.150. The third-order valence-electron chi connectivity index (χ3n) is 4.10. The van der Waals surface area contributed by atoms with Crippen molar-refractivity contribution in [1.29, 1.82) is 0 Å². The van der Waals surface area contributed by atoms with Crippen LogP contribution in [0.25, 0.3) is 0 Å². The summed E-state index contributed by atoms with van der Waals surface area (Å²) in [6.45, 7) is 5.73. The Morgan fingerprint density at radius 2 is 1.89 bits per heavy atom. The maximum Gasteiger partial charge on any atom is 0.307 e. The second-order valence-electron chi connectivity index (χ2n) is 6.01. The van der Waals surface area contributed by atoms with Crippen molar-refractivity contribution in [3.8, 4) is 0 Å². The van der Waals surface area contributed by atoms with Gasteiger partial charge in [0.25, 0.3) is 0 Å². The number of aliphatic carboxylic acids is 1. The van der Waals surface area contributed by atoms with Gasteiger partial charge < -0.3 is 15.5 Å². The van der Waals surface area contributed by atoms with Crippen LogP contribution in [0.3, 0.4) is 0 Å². The summed E-state index contributed by atoms with van der Waals surface area (Å²) in [5.41, 5.74) is 0. The fraction of sp³-hybridized carbons (Fsp3) is 0.857. The van der Waals surface area contributed by atoms with Crippen molar-refractivity contribution in [2.45, 2.75) is 46.1 Å². The molecular formula is C14H25NO4. The summed E-state index contributed by atoms with van der Waals surface area (Å²) in [6, 6.07) is -0.304. The third-order valence-corrected chi connectivity index (χ3v) is 4.10. The highest BCUT2D eigenvalue weighted by molar-refractivity contribution is 5.85. The van der Waals surface area contributed by atoms with Crippen molar-refractivity contribution in [2.75, 3.05) is 6.61 Å². The molecular weight excluding hydrogens is 246 g/mol. The van der Waals surface area contributed by atoms with Crippen LogP contribution in [0.2, 0.25) is 0 Å². The highest BCUT2D eigenvalue weighted by Gasteiger charge is 2.38. The number of hydrogen-bond acceptors (Lipinski definition) is 3. The van der Waals surface area contributed by atoms with E-state index in [1.807, 2.05) is 20.8 Å². The minimum atomic E-state index is -0.892. The van der Waals surface area contributed by atoms with E-state index in [2.05, 4.69) is 5.32 Å². The third kappa shape index (κ3) is 4.20. The molecule has 0 saturated heterocycles. The normalized spacial score (nSPS) is 29.0. The maximum atomic E-state index is 12.2. The zero-order valence-corrected chi connectivity index (χ0v) is 11.9. The highest BCUT2D eigenvalue weighted by Crippen LogP contribution is 2.34. The van der Waals surface area contributed by atoms with Crippen molar-refractivity contribution in [2.24, 2.45) is 23.7 Å². The number of aliphatic hydroxyl groups excluding tert-OH is 1. The van der Waals surface area contributed by atoms with Crippen molar-refractivity contribution in [3.05, 3.63) is 0 Å². The average Bonchev–Trinajstić information content (AvgIpc) is 2.34. The van der Waals surface area contributed by atoms with Crippen LogP contribution in [0.15, 0.2) is 0 Å². The Kier molecular flexibility index (Phi) is 5.79. The zero-order chi connectivity index (χ0) is 14.6. The molecule has 19 heavy (non-hydrogen) atoms. The average molecular weight is 271 g/mol. The topological polar surface area (TPSA) is 86.6 Å². The largest absolute Gasteiger partial charge is 0.481 e. The molecule has 0 aromatic carbocycles. The fourth-order valence-corrected chi connectivity index (χ4v) is 2.68. The molecule has 1 saturated carbocycles. The first-order chi connectivity index (χ1) is 8.86. The predicted molar refractivity (Wildman–Crippen MR) is 71.5 cm³/mol. The van der Waals surface area contributed by atoms with Crippen LogP contribution in [-0.2, 0) is 9.59 Å². The molecule has 0 aromatic rings. The fourth-order valence-electron chi connectivity index (χ4n) is 2.68. The summed E-state index contributed by atoms with van der Waals surface area (Å²) in [7, 11) is 0. The van der Waals surface area contributed by atoms with Crippen LogP contribution >= 0.6 is 0 Å². The Labute approximate surface area is 114 Å². The number of hydrogen-bond donors (Lipinski definition) is 3. The van der Waals surface area contributed by atoms with Crippen molar-refractivity contribution < 1.29 is 19.8 Å². The Bertz CT molecular complexity index is 329. The van der Waals surface area contributed by atoms with Gasteiger partial charge in [-0.25, -0.2) is 0 Å². The van der Waals surface area contributed by atoms with Crippen LogP contribution in [-0.4, -0.2) is 34.7 Å². The number of rotatable bonds is 5. The monoisotopic (exact) mass is 271 g/mol. The summed E-state index contributed by atoms with van der Waals surface area (Å²) in [5, 5.41) is 21.3. The van der Waals surface area contributed by atoms with Gasteiger partial charge in [-0.3, -0.25) is 9.59 Å². The van der Waals surface area contributed by atoms with Gasteiger partial charge >= 0.3 is 5.97 Å². The molecule has 0 aromatic heterocycles. The summed E-state index contributed by atoms with van der Waals surface area (Å²) in [4.78, 5) is 23.5. The molecule has 5 nitrogen and oxygen atoms in total. The minimum absolute atomic E-state index is 0.121. The summed E-state index contributed by atoms with van der Waals surface area (Å²) in [6.07, 6.45) is 2.05. The first kappa shape index (κ1) is 16.0. The van der Waals surface area contributed by atoms with Gasteiger partial charge in [0.15, 0.2) is 0 Å². The molecule has 0 aliphatic heterocycles. The summed E-state index contributed by atoms with van der Waals surface area (Å²) in [5.74, 6) is -1.72. The van der Waals surface area contributed by atoms with Gasteiger partial charge in [0.1, 0.15) is 0 Å². The Balaban J connectivity index is 2.70. The maximum absolute atomic E-state index is 12.2. The second-order valence-corrected chi connectivity index (χ2v) is 6.01. The number of nitrogens with one attached hydrogen (secondary N) is 1. The van der Waals surface area contributed by atoms with E-state index in [1.165, 1.54) is 0 Å². The molecule has 3 N–H and O–H groups in total. The number of carbonyl (C=O) groups excluding carboxylic acids is 1. The molecule has 0 heterocycles. The second kappa shape index (κ2) is 6.89. The van der Waals surface area contributed by atoms with E-state index >= 15 is 0 Å². The van der Waals surface area contributed by atoms with Gasteiger partial charge in [-0.05, 0) is 31.1 Å². The molecule has 0 radical (unpaired) electrons. The van der Waals surface area contributed by atoms with Crippen LogP contribution in [0.1, 0.15) is 40.0 Å². The summed E-state index contributed by atoms with van der Waals surface area (Å²) >= 11 is 0. The van der Waals surface area contributed by atoms with Gasteiger partial charge in [0.2, 0.25) is 5.91 Å². The van der Waals surface area contributed by atoms with E-state index < -0.39 is 17.8 Å². The van der Waals surface area contributed by atoms with E-state index in [0.29, 0.717) is 18.8 Å². The van der Waals surface area contributed by atoms with E-state index in [-0.39, 0.29) is 24.5 Å². The number of amides is 1. The van der Waals surface area contributed by atoms with E-state index in [0.717, 1.165) is 6.42 Å². The van der Waals surface area contributed by atoms with Crippen LogP contribution in [0, 0.1) is 23.7 Å². The number of carboxylic acid groups (broad SMARTS) is 1. The van der Waals surface area contributed by atoms with Crippen molar-refractivity contribution in [1.82, 2.24) is 5.32 Å². The summed E-state index contributed by atoms with van der Waals surface area (Å²) < 4.78 is 0. The quantitative estimate of drug-likeness (QED) is 0.702. The molecule has 1 aliphatic rings. The first-order valence-electron chi connectivity index (χ1n) is 7.00. The van der Waals surface area contributed by atoms with E-state index in [9.17, 15) is 19.8 Å². The molecule has 0 bridgehead atoms. The Hall–Kier alpha value is -1.10. The molecule has 4 atom stereocenters. The van der Waals surface area contributed by atoms with Gasteiger partial charge in [0, 0.05) is 0 Å². The standard InChI is InChI=1S/C14H25NO4/c1-8(2)12(7-16)15-13(17)10-5-4-9(3)6-11(10)14(18)19/h8-12,16H,4-7H2,1-3H3,(H,15,17)(H,18,19)/t9?,10?,11?,12-/m0/s1. The van der Waals surface area contributed by atoms with Crippen LogP contribution in [0.4, 0.5) is 0 Å². The number of carbonyl (C=O) groups is 2. The SMILES string of the molecule is CC1CCC(C(=O)N[C@@H](CO)C(C)C)C(C(=O)O)C1. The lowest BCUT2D eigenvalue weighted by atomic mass is 9.74. The zero-order valence-electron chi connectivity index (χ0n) is 11.9. The molecule has 0 spiro atoms. The van der Waals surface area contributed by atoms with Gasteiger partial charge in [0.05, 0.1) is 24.5 Å². The molecule has 1 rings (SSSR count). The minimum Gasteiger partial charge on any atom is -0.481 e. The molecule has 1 amide bonds. The van der Waals surface area contributed by atoms with Crippen molar-refractivity contribution in [3.63, 3.8) is 0 Å². The smallest absolute Gasteiger partial charge is 0.307 e. The van der Waals surface area contributed by atoms with E-state index in [4.69, 9.17) is 0 Å². The van der Waals surface area contributed by atoms with Crippen LogP contribution < -0.4 is 5.32 Å². The lowest BCUT2D eigenvalue weighted by Gasteiger charge is -2.32. The number of carboxylic acids is 1. The van der Waals surface area contributed by atoms with Gasteiger partial charge in [-0.15, -0.1) is 0 Å². The Morgan fingerprint density at radius 3 is 2.37 bits per heavy atom. The molecule has 3 unspecified atom stereocenters. The lowest BCUT2D eigenvalue weighted by Crippen LogP contribution is -2.47. The molecule has 110 valence electrons. The van der Waals surface area contributed by atoms with E-state index in [1.54, 1.807) is 0 Å². The highest BCUT2D eigenvalue weighted by atomic mass is 16.4. The van der Waals surface area contributed by atoms with Gasteiger partial charge in [-0.1, -0.05) is 20.8 Å². The predicted octanol–water partition coefficient (Wildman–Crippen LogP) is 1.26. The van der Waals surface area contributed by atoms with Gasteiger partial charge in [-0.2, -0.15) is 0 Å². The number of aliphatic hydroxyl groups is 1.